The van der Waals surface area contributed by atoms with Gasteiger partial charge < -0.3 is 14.7 Å². The van der Waals surface area contributed by atoms with E-state index in [1.54, 1.807) is 25.7 Å². The number of anilines is 1. The second-order valence-corrected chi connectivity index (χ2v) is 6.25. The largest absolute Gasteiger partial charge is 0.495 e. The quantitative estimate of drug-likeness (QED) is 0.730. The molecule has 1 N–H and O–H groups in total. The molecule has 3 aromatic rings. The van der Waals surface area contributed by atoms with Crippen molar-refractivity contribution in [2.24, 2.45) is 0 Å². The summed E-state index contributed by atoms with van der Waals surface area (Å²) in [4.78, 5) is 18.0. The fraction of sp³-hybridized carbons (Fsp3) is 0.389. The Morgan fingerprint density at radius 3 is 2.73 bits per heavy atom. The molecule has 3 aromatic heterocycles. The van der Waals surface area contributed by atoms with E-state index in [9.17, 15) is 0 Å². The summed E-state index contributed by atoms with van der Waals surface area (Å²) in [5, 5.41) is 9.10. The number of methoxy groups -OCH3 is 1. The molecule has 1 aliphatic rings. The lowest BCUT2D eigenvalue weighted by molar-refractivity contribution is 0.188. The molecule has 0 radical (unpaired) electrons. The molecule has 0 unspecified atom stereocenters. The van der Waals surface area contributed by atoms with Crippen molar-refractivity contribution in [3.8, 4) is 17.0 Å². The van der Waals surface area contributed by atoms with Crippen molar-refractivity contribution in [2.45, 2.75) is 0 Å². The summed E-state index contributed by atoms with van der Waals surface area (Å²) in [6.45, 7) is 4.49. The van der Waals surface area contributed by atoms with Crippen molar-refractivity contribution < 1.29 is 9.84 Å². The number of pyridine rings is 1. The maximum atomic E-state index is 9.10. The molecule has 0 saturated carbocycles. The summed E-state index contributed by atoms with van der Waals surface area (Å²) < 4.78 is 7.32. The lowest BCUT2D eigenvalue weighted by Crippen LogP contribution is -2.47. The molecule has 1 saturated heterocycles. The van der Waals surface area contributed by atoms with Gasteiger partial charge in [-0.05, 0) is 6.07 Å². The number of β-amino-alcohol motifs (C(OH)–C–C–N with tert-alkyl or cyclic N) is 1. The number of fused-ring (bicyclic) bond motifs is 1. The van der Waals surface area contributed by atoms with Gasteiger partial charge in [0.1, 0.15) is 5.75 Å². The van der Waals surface area contributed by atoms with Gasteiger partial charge in [-0.3, -0.25) is 14.3 Å². The second-order valence-electron chi connectivity index (χ2n) is 6.25. The van der Waals surface area contributed by atoms with E-state index in [4.69, 9.17) is 14.8 Å². The van der Waals surface area contributed by atoms with Crippen molar-refractivity contribution in [2.75, 3.05) is 51.3 Å². The van der Waals surface area contributed by atoms with Crippen LogP contribution in [0, 0.1) is 0 Å². The van der Waals surface area contributed by atoms with Crippen LogP contribution in [0.25, 0.3) is 16.9 Å². The molecular formula is C18H22N6O2. The van der Waals surface area contributed by atoms with Crippen LogP contribution < -0.4 is 9.64 Å². The van der Waals surface area contributed by atoms with Crippen molar-refractivity contribution >= 4 is 11.5 Å². The standard InChI is InChI=1S/C18H22N6O2/c1-26-15-10-14(11-19-12-15)16-13-21-17(18-20-2-3-24(16)18)23-6-4-22(5-7-23)8-9-25/h2-3,10-13,25H,4-9H2,1H3. The average Bonchev–Trinajstić information content (AvgIpc) is 3.18. The average molecular weight is 354 g/mol. The number of nitrogens with zero attached hydrogens (tertiary/aromatic N) is 6. The Labute approximate surface area is 151 Å². The molecule has 0 atom stereocenters. The predicted octanol–water partition coefficient (Wildman–Crippen LogP) is 0.914. The molecule has 1 aliphatic heterocycles. The monoisotopic (exact) mass is 354 g/mol. The van der Waals surface area contributed by atoms with Gasteiger partial charge in [-0.2, -0.15) is 0 Å². The van der Waals surface area contributed by atoms with Gasteiger partial charge in [0.05, 0.1) is 31.8 Å². The Hall–Kier alpha value is -2.71. The molecule has 0 spiro atoms. The van der Waals surface area contributed by atoms with Crippen molar-refractivity contribution in [1.29, 1.82) is 0 Å². The maximum absolute atomic E-state index is 9.10. The topological polar surface area (TPSA) is 79.0 Å². The van der Waals surface area contributed by atoms with E-state index in [-0.39, 0.29) is 6.61 Å². The third-order valence-corrected chi connectivity index (χ3v) is 4.74. The number of aromatic nitrogens is 4. The third-order valence-electron chi connectivity index (χ3n) is 4.74. The maximum Gasteiger partial charge on any atom is 0.180 e. The van der Waals surface area contributed by atoms with Crippen LogP contribution in [0.2, 0.25) is 0 Å². The van der Waals surface area contributed by atoms with Gasteiger partial charge in [0.15, 0.2) is 11.5 Å². The first-order valence-electron chi connectivity index (χ1n) is 8.70. The van der Waals surface area contributed by atoms with Gasteiger partial charge in [0, 0.05) is 56.9 Å². The van der Waals surface area contributed by atoms with Gasteiger partial charge in [-0.25, -0.2) is 9.97 Å². The van der Waals surface area contributed by atoms with Gasteiger partial charge in [-0.15, -0.1) is 0 Å². The number of hydrogen-bond donors (Lipinski definition) is 1. The van der Waals surface area contributed by atoms with Crippen LogP contribution in [0.15, 0.2) is 37.1 Å². The smallest absolute Gasteiger partial charge is 0.180 e. The summed E-state index contributed by atoms with van der Waals surface area (Å²) in [5.74, 6) is 1.60. The number of rotatable bonds is 5. The minimum Gasteiger partial charge on any atom is -0.495 e. The number of ether oxygens (including phenoxy) is 1. The highest BCUT2D eigenvalue weighted by molar-refractivity contribution is 5.71. The zero-order valence-electron chi connectivity index (χ0n) is 14.7. The predicted molar refractivity (Wildman–Crippen MR) is 98.5 cm³/mol. The third kappa shape index (κ3) is 3.09. The lowest BCUT2D eigenvalue weighted by Gasteiger charge is -2.35. The van der Waals surface area contributed by atoms with Crippen LogP contribution >= 0.6 is 0 Å². The summed E-state index contributed by atoms with van der Waals surface area (Å²) in [7, 11) is 1.63. The highest BCUT2D eigenvalue weighted by Gasteiger charge is 2.21. The number of aliphatic hydroxyl groups is 1. The first kappa shape index (κ1) is 16.7. The van der Waals surface area contributed by atoms with E-state index in [0.717, 1.165) is 55.4 Å². The number of piperazine rings is 1. The molecule has 0 aromatic carbocycles. The van der Waals surface area contributed by atoms with E-state index < -0.39 is 0 Å². The first-order valence-corrected chi connectivity index (χ1v) is 8.70. The molecule has 4 rings (SSSR count). The molecule has 0 aliphatic carbocycles. The van der Waals surface area contributed by atoms with E-state index in [0.29, 0.717) is 5.75 Å². The molecule has 136 valence electrons. The highest BCUT2D eigenvalue weighted by Crippen LogP contribution is 2.27. The van der Waals surface area contributed by atoms with Crippen LogP contribution in [0.1, 0.15) is 0 Å². The van der Waals surface area contributed by atoms with E-state index in [1.807, 2.05) is 22.9 Å². The van der Waals surface area contributed by atoms with Crippen molar-refractivity contribution in [1.82, 2.24) is 24.3 Å². The van der Waals surface area contributed by atoms with E-state index in [1.165, 1.54) is 0 Å². The lowest BCUT2D eigenvalue weighted by atomic mass is 10.2. The SMILES string of the molecule is COc1cncc(-c2cnc(N3CCN(CCO)CC3)c3nccn23)c1. The highest BCUT2D eigenvalue weighted by atomic mass is 16.5. The minimum atomic E-state index is 0.200. The Balaban J connectivity index is 1.66. The van der Waals surface area contributed by atoms with Crippen LogP contribution in [0.3, 0.4) is 0 Å². The van der Waals surface area contributed by atoms with Crippen molar-refractivity contribution in [3.05, 3.63) is 37.1 Å². The normalized spacial score (nSPS) is 15.5. The van der Waals surface area contributed by atoms with Gasteiger partial charge >= 0.3 is 0 Å². The minimum absolute atomic E-state index is 0.200. The van der Waals surface area contributed by atoms with Crippen LogP contribution in [0.4, 0.5) is 5.82 Å². The molecule has 0 bridgehead atoms. The molecule has 26 heavy (non-hydrogen) atoms. The van der Waals surface area contributed by atoms with Crippen LogP contribution in [-0.4, -0.2) is 75.8 Å². The Bertz CT molecular complexity index is 888. The summed E-state index contributed by atoms with van der Waals surface area (Å²) >= 11 is 0. The molecule has 8 heteroatoms. The molecule has 4 heterocycles. The first-order chi connectivity index (χ1) is 12.8. The molecular weight excluding hydrogens is 332 g/mol. The Morgan fingerprint density at radius 2 is 1.96 bits per heavy atom. The van der Waals surface area contributed by atoms with E-state index >= 15 is 0 Å². The van der Waals surface area contributed by atoms with Gasteiger partial charge in [0.2, 0.25) is 0 Å². The molecule has 8 nitrogen and oxygen atoms in total. The summed E-state index contributed by atoms with van der Waals surface area (Å²) in [6.07, 6.45) is 9.08. The number of imidazole rings is 1. The Morgan fingerprint density at radius 1 is 1.12 bits per heavy atom. The fourth-order valence-corrected chi connectivity index (χ4v) is 3.34. The van der Waals surface area contributed by atoms with Crippen molar-refractivity contribution in [3.63, 3.8) is 0 Å². The second kappa shape index (κ2) is 7.27. The van der Waals surface area contributed by atoms with Crippen LogP contribution in [-0.2, 0) is 0 Å². The van der Waals surface area contributed by atoms with E-state index in [2.05, 4.69) is 19.8 Å². The zero-order valence-corrected chi connectivity index (χ0v) is 14.7. The summed E-state index contributed by atoms with van der Waals surface area (Å²) in [6, 6.07) is 1.94. The molecule has 0 amide bonds. The number of hydrogen-bond acceptors (Lipinski definition) is 7. The van der Waals surface area contributed by atoms with Gasteiger partial charge in [0.25, 0.3) is 0 Å². The van der Waals surface area contributed by atoms with Gasteiger partial charge in [-0.1, -0.05) is 0 Å². The van der Waals surface area contributed by atoms with Crippen LogP contribution in [0.5, 0.6) is 5.75 Å². The summed E-state index contributed by atoms with van der Waals surface area (Å²) in [5.41, 5.74) is 2.69. The molecule has 1 fully saturated rings. The Kier molecular flexibility index (Phi) is 4.68. The number of aliphatic hydroxyl groups excluding tert-OH is 1. The fourth-order valence-electron chi connectivity index (χ4n) is 3.34. The zero-order chi connectivity index (χ0) is 17.9.